The molecular formula is C19H16F3N5O3. The largest absolute Gasteiger partial charge is 0.573 e. The van der Waals surface area contributed by atoms with Gasteiger partial charge in [-0.1, -0.05) is 30.3 Å². The van der Waals surface area contributed by atoms with Gasteiger partial charge in [-0.05, 0) is 12.1 Å². The highest BCUT2D eigenvalue weighted by atomic mass is 19.4. The maximum Gasteiger partial charge on any atom is 0.573 e. The maximum atomic E-state index is 12.5. The van der Waals surface area contributed by atoms with Gasteiger partial charge in [0.25, 0.3) is 5.69 Å². The minimum absolute atomic E-state index is 0.0369. The van der Waals surface area contributed by atoms with E-state index in [-0.39, 0.29) is 23.9 Å². The molecule has 1 aromatic heterocycles. The number of nitrogens with one attached hydrogen (secondary N) is 2. The van der Waals surface area contributed by atoms with Gasteiger partial charge in [0.15, 0.2) is 0 Å². The summed E-state index contributed by atoms with van der Waals surface area (Å²) < 4.78 is 41.4. The zero-order valence-electron chi connectivity index (χ0n) is 15.6. The van der Waals surface area contributed by atoms with E-state index in [4.69, 9.17) is 0 Å². The van der Waals surface area contributed by atoms with E-state index in [2.05, 4.69) is 25.3 Å². The molecule has 0 aliphatic carbocycles. The number of rotatable bonds is 7. The van der Waals surface area contributed by atoms with Crippen LogP contribution in [0.1, 0.15) is 5.56 Å². The van der Waals surface area contributed by atoms with Gasteiger partial charge in [-0.15, -0.1) is 13.2 Å². The SMILES string of the molecule is CNc1nc(NCc2ccccc2[N+](=O)[O-])cc(-c2cccc(OC(F)(F)F)c2)n1. The average molecular weight is 419 g/mol. The van der Waals surface area contributed by atoms with E-state index < -0.39 is 11.3 Å². The third-order valence-electron chi connectivity index (χ3n) is 3.96. The maximum absolute atomic E-state index is 12.5. The molecule has 0 unspecified atom stereocenters. The molecule has 11 heteroatoms. The van der Waals surface area contributed by atoms with Crippen molar-refractivity contribution in [3.63, 3.8) is 0 Å². The highest BCUT2D eigenvalue weighted by Crippen LogP contribution is 2.29. The van der Waals surface area contributed by atoms with Crippen molar-refractivity contribution in [1.82, 2.24) is 9.97 Å². The van der Waals surface area contributed by atoms with E-state index in [1.54, 1.807) is 31.3 Å². The van der Waals surface area contributed by atoms with E-state index in [9.17, 15) is 23.3 Å². The van der Waals surface area contributed by atoms with Crippen molar-refractivity contribution in [2.75, 3.05) is 17.7 Å². The van der Waals surface area contributed by atoms with Crippen molar-refractivity contribution in [3.8, 4) is 17.0 Å². The van der Waals surface area contributed by atoms with Gasteiger partial charge >= 0.3 is 6.36 Å². The van der Waals surface area contributed by atoms with Gasteiger partial charge < -0.3 is 15.4 Å². The van der Waals surface area contributed by atoms with Crippen LogP contribution < -0.4 is 15.4 Å². The number of hydrogen-bond donors (Lipinski definition) is 2. The molecule has 156 valence electrons. The molecule has 8 nitrogen and oxygen atoms in total. The first kappa shape index (κ1) is 20.8. The number of alkyl halides is 3. The summed E-state index contributed by atoms with van der Waals surface area (Å²) in [4.78, 5) is 19.2. The summed E-state index contributed by atoms with van der Waals surface area (Å²) in [5.74, 6) is 0.184. The van der Waals surface area contributed by atoms with Crippen LogP contribution in [0.4, 0.5) is 30.6 Å². The monoisotopic (exact) mass is 419 g/mol. The molecule has 0 saturated carbocycles. The predicted octanol–water partition coefficient (Wildman–Crippen LogP) is 4.60. The Bertz CT molecular complexity index is 1060. The fourth-order valence-corrected chi connectivity index (χ4v) is 2.67. The van der Waals surface area contributed by atoms with Crippen LogP contribution in [0.2, 0.25) is 0 Å². The number of aromatic nitrogens is 2. The third kappa shape index (κ3) is 5.34. The third-order valence-corrected chi connectivity index (χ3v) is 3.96. The van der Waals surface area contributed by atoms with E-state index >= 15 is 0 Å². The Morgan fingerprint density at radius 2 is 1.87 bits per heavy atom. The summed E-state index contributed by atoms with van der Waals surface area (Å²) in [5, 5.41) is 16.9. The van der Waals surface area contributed by atoms with Crippen LogP contribution in [-0.2, 0) is 6.54 Å². The summed E-state index contributed by atoms with van der Waals surface area (Å²) >= 11 is 0. The molecule has 0 atom stereocenters. The van der Waals surface area contributed by atoms with E-state index in [0.29, 0.717) is 22.6 Å². The van der Waals surface area contributed by atoms with Gasteiger partial charge in [0.1, 0.15) is 11.6 Å². The van der Waals surface area contributed by atoms with E-state index in [1.165, 1.54) is 30.3 Å². The standard InChI is InChI=1S/C19H16F3N5O3/c1-23-18-25-15(12-6-4-7-14(9-12)30-19(20,21)22)10-17(26-18)24-11-13-5-2-3-8-16(13)27(28)29/h2-10H,11H2,1H3,(H2,23,24,25,26). The summed E-state index contributed by atoms with van der Waals surface area (Å²) in [6, 6.07) is 13.2. The lowest BCUT2D eigenvalue weighted by atomic mass is 10.1. The minimum atomic E-state index is -4.81. The van der Waals surface area contributed by atoms with Gasteiger partial charge in [0, 0.05) is 36.9 Å². The van der Waals surface area contributed by atoms with Crippen LogP contribution in [0.25, 0.3) is 11.3 Å². The number of ether oxygens (including phenoxy) is 1. The molecule has 0 aliphatic heterocycles. The van der Waals surface area contributed by atoms with Gasteiger partial charge in [-0.25, -0.2) is 4.98 Å². The molecule has 3 rings (SSSR count). The minimum Gasteiger partial charge on any atom is -0.406 e. The second-order valence-electron chi connectivity index (χ2n) is 6.03. The summed E-state index contributed by atoms with van der Waals surface area (Å²) in [6.45, 7) is 0.119. The number of benzene rings is 2. The number of nitrogens with zero attached hydrogens (tertiary/aromatic N) is 3. The van der Waals surface area contributed by atoms with Crippen LogP contribution in [0.3, 0.4) is 0 Å². The lowest BCUT2D eigenvalue weighted by molar-refractivity contribution is -0.385. The molecule has 0 aliphatic rings. The van der Waals surface area contributed by atoms with Crippen molar-refractivity contribution in [2.24, 2.45) is 0 Å². The lowest BCUT2D eigenvalue weighted by Gasteiger charge is -2.12. The molecule has 0 fully saturated rings. The molecular weight excluding hydrogens is 403 g/mol. The highest BCUT2D eigenvalue weighted by molar-refractivity contribution is 5.66. The number of anilines is 2. The van der Waals surface area contributed by atoms with Crippen LogP contribution in [0.15, 0.2) is 54.6 Å². The Labute approximate surface area is 168 Å². The van der Waals surface area contributed by atoms with Gasteiger partial charge in [0.05, 0.1) is 10.6 Å². The molecule has 30 heavy (non-hydrogen) atoms. The van der Waals surface area contributed by atoms with Crippen molar-refractivity contribution in [1.29, 1.82) is 0 Å². The number of nitro groups is 1. The second-order valence-corrected chi connectivity index (χ2v) is 6.03. The molecule has 1 heterocycles. The van der Waals surface area contributed by atoms with Crippen molar-refractivity contribution in [2.45, 2.75) is 12.9 Å². The molecule has 0 saturated heterocycles. The molecule has 2 aromatic carbocycles. The topological polar surface area (TPSA) is 102 Å². The van der Waals surface area contributed by atoms with Crippen LogP contribution in [0.5, 0.6) is 5.75 Å². The van der Waals surface area contributed by atoms with Crippen molar-refractivity contribution >= 4 is 17.5 Å². The number of nitro benzene ring substituents is 1. The molecule has 2 N–H and O–H groups in total. The highest BCUT2D eigenvalue weighted by Gasteiger charge is 2.31. The zero-order valence-corrected chi connectivity index (χ0v) is 15.6. The molecule has 0 amide bonds. The van der Waals surface area contributed by atoms with E-state index in [1.807, 2.05) is 0 Å². The molecule has 0 bridgehead atoms. The first-order chi connectivity index (χ1) is 14.2. The zero-order chi connectivity index (χ0) is 21.7. The normalized spacial score (nSPS) is 11.1. The average Bonchev–Trinajstić information content (AvgIpc) is 2.71. The van der Waals surface area contributed by atoms with Gasteiger partial charge in [-0.2, -0.15) is 4.98 Å². The number of halogens is 3. The Hall–Kier alpha value is -3.89. The van der Waals surface area contributed by atoms with E-state index in [0.717, 1.165) is 0 Å². The lowest BCUT2D eigenvalue weighted by Crippen LogP contribution is -2.17. The fourth-order valence-electron chi connectivity index (χ4n) is 2.67. The smallest absolute Gasteiger partial charge is 0.406 e. The number of para-hydroxylation sites is 1. The number of hydrogen-bond acceptors (Lipinski definition) is 7. The Morgan fingerprint density at radius 1 is 1.10 bits per heavy atom. The van der Waals surface area contributed by atoms with Gasteiger partial charge in [0.2, 0.25) is 5.95 Å². The summed E-state index contributed by atoms with van der Waals surface area (Å²) in [7, 11) is 1.59. The molecule has 3 aromatic rings. The van der Waals surface area contributed by atoms with Crippen LogP contribution >= 0.6 is 0 Å². The van der Waals surface area contributed by atoms with Crippen LogP contribution in [-0.4, -0.2) is 28.3 Å². The predicted molar refractivity (Wildman–Crippen MR) is 104 cm³/mol. The Kier molecular flexibility index (Phi) is 6.00. The quantitative estimate of drug-likeness (QED) is 0.426. The summed E-state index contributed by atoms with van der Waals surface area (Å²) in [5.41, 5.74) is 1.13. The first-order valence-electron chi connectivity index (χ1n) is 8.64. The molecule has 0 spiro atoms. The van der Waals surface area contributed by atoms with Crippen molar-refractivity contribution < 1.29 is 22.8 Å². The summed E-state index contributed by atoms with van der Waals surface area (Å²) in [6.07, 6.45) is -4.81. The fraction of sp³-hybridized carbons (Fsp3) is 0.158. The van der Waals surface area contributed by atoms with Crippen LogP contribution in [0, 0.1) is 10.1 Å². The Morgan fingerprint density at radius 3 is 2.57 bits per heavy atom. The Balaban J connectivity index is 1.88. The first-order valence-corrected chi connectivity index (χ1v) is 8.64. The molecule has 0 radical (unpaired) electrons. The van der Waals surface area contributed by atoms with Crippen molar-refractivity contribution in [3.05, 3.63) is 70.3 Å². The van der Waals surface area contributed by atoms with Gasteiger partial charge in [-0.3, -0.25) is 10.1 Å². The second kappa shape index (κ2) is 8.64.